The number of rotatable bonds is 3. The molecular formula is C13H7Cl3O3. The minimum Gasteiger partial charge on any atom is -0.478 e. The van der Waals surface area contributed by atoms with Gasteiger partial charge in [0, 0.05) is 6.07 Å². The molecule has 2 aromatic carbocycles. The van der Waals surface area contributed by atoms with E-state index in [2.05, 4.69) is 0 Å². The third-order valence-electron chi connectivity index (χ3n) is 2.31. The Labute approximate surface area is 124 Å². The number of halogens is 3. The van der Waals surface area contributed by atoms with Crippen LogP contribution in [0.2, 0.25) is 15.1 Å². The zero-order valence-electron chi connectivity index (χ0n) is 9.36. The Kier molecular flexibility index (Phi) is 4.20. The van der Waals surface area contributed by atoms with Crippen molar-refractivity contribution in [2.24, 2.45) is 0 Å². The molecule has 0 saturated heterocycles. The Bertz CT molecular complexity index is 627. The van der Waals surface area contributed by atoms with Gasteiger partial charge in [-0.2, -0.15) is 0 Å². The summed E-state index contributed by atoms with van der Waals surface area (Å²) in [7, 11) is 0. The molecule has 2 rings (SSSR count). The number of hydrogen-bond donors (Lipinski definition) is 1. The summed E-state index contributed by atoms with van der Waals surface area (Å²) >= 11 is 17.7. The molecular weight excluding hydrogens is 310 g/mol. The normalized spacial score (nSPS) is 10.3. The molecule has 0 spiro atoms. The molecule has 0 aromatic heterocycles. The van der Waals surface area contributed by atoms with Gasteiger partial charge in [0.05, 0.1) is 15.6 Å². The van der Waals surface area contributed by atoms with E-state index in [9.17, 15) is 4.79 Å². The predicted octanol–water partition coefficient (Wildman–Crippen LogP) is 5.14. The molecule has 3 nitrogen and oxygen atoms in total. The first kappa shape index (κ1) is 14.0. The summed E-state index contributed by atoms with van der Waals surface area (Å²) in [5.41, 5.74) is -0.242. The third-order valence-corrected chi connectivity index (χ3v) is 3.46. The van der Waals surface area contributed by atoms with E-state index in [1.807, 2.05) is 6.07 Å². The Morgan fingerprint density at radius 2 is 1.68 bits per heavy atom. The topological polar surface area (TPSA) is 46.5 Å². The molecule has 0 aliphatic carbocycles. The number of ether oxygens (including phenoxy) is 1. The quantitative estimate of drug-likeness (QED) is 0.797. The molecule has 98 valence electrons. The van der Waals surface area contributed by atoms with Gasteiger partial charge in [-0.1, -0.05) is 53.0 Å². The summed E-state index contributed by atoms with van der Waals surface area (Å²) in [6, 6.07) is 10.2. The summed E-state index contributed by atoms with van der Waals surface area (Å²) < 4.78 is 5.51. The zero-order chi connectivity index (χ0) is 14.0. The van der Waals surface area contributed by atoms with Crippen molar-refractivity contribution in [1.29, 1.82) is 0 Å². The van der Waals surface area contributed by atoms with Gasteiger partial charge in [0.1, 0.15) is 16.5 Å². The molecule has 1 N–H and O–H groups in total. The van der Waals surface area contributed by atoms with Gasteiger partial charge in [0.15, 0.2) is 0 Å². The predicted molar refractivity (Wildman–Crippen MR) is 74.9 cm³/mol. The number of benzene rings is 2. The molecule has 0 heterocycles. The van der Waals surface area contributed by atoms with E-state index in [1.54, 1.807) is 24.3 Å². The lowest BCUT2D eigenvalue weighted by molar-refractivity contribution is 0.0697. The molecule has 0 amide bonds. The van der Waals surface area contributed by atoms with E-state index in [1.165, 1.54) is 6.07 Å². The van der Waals surface area contributed by atoms with E-state index >= 15 is 0 Å². The Morgan fingerprint density at radius 1 is 1.05 bits per heavy atom. The summed E-state index contributed by atoms with van der Waals surface area (Å²) in [6.45, 7) is 0. The van der Waals surface area contributed by atoms with Gasteiger partial charge in [0.25, 0.3) is 0 Å². The summed E-state index contributed by atoms with van der Waals surface area (Å²) in [6.07, 6.45) is 0. The number of carboxylic acid groups (broad SMARTS) is 1. The molecule has 0 aliphatic heterocycles. The lowest BCUT2D eigenvalue weighted by Gasteiger charge is -2.11. The van der Waals surface area contributed by atoms with Gasteiger partial charge in [-0.3, -0.25) is 0 Å². The number of aromatic carboxylic acids is 1. The van der Waals surface area contributed by atoms with Crippen LogP contribution in [0, 0.1) is 0 Å². The fourth-order valence-electron chi connectivity index (χ4n) is 1.46. The molecule has 0 aliphatic rings. The minimum absolute atomic E-state index is 0.00678. The van der Waals surface area contributed by atoms with Crippen LogP contribution >= 0.6 is 34.8 Å². The van der Waals surface area contributed by atoms with E-state index in [-0.39, 0.29) is 26.4 Å². The Balaban J connectivity index is 2.46. The second-order valence-electron chi connectivity index (χ2n) is 3.58. The highest BCUT2D eigenvalue weighted by atomic mass is 35.5. The van der Waals surface area contributed by atoms with Gasteiger partial charge in [-0.25, -0.2) is 4.79 Å². The van der Waals surface area contributed by atoms with Crippen LogP contribution in [-0.4, -0.2) is 11.1 Å². The summed E-state index contributed by atoms with van der Waals surface area (Å²) in [5, 5.41) is 8.81. The number of hydrogen-bond acceptors (Lipinski definition) is 2. The zero-order valence-corrected chi connectivity index (χ0v) is 11.6. The molecule has 2 aromatic rings. The first-order chi connectivity index (χ1) is 9.00. The second kappa shape index (κ2) is 5.70. The second-order valence-corrected chi connectivity index (χ2v) is 4.74. The van der Waals surface area contributed by atoms with Crippen molar-refractivity contribution >= 4 is 40.8 Å². The monoisotopic (exact) mass is 316 g/mol. The fourth-order valence-corrected chi connectivity index (χ4v) is 2.25. The van der Waals surface area contributed by atoms with Gasteiger partial charge in [-0.05, 0) is 12.1 Å². The van der Waals surface area contributed by atoms with Crippen molar-refractivity contribution in [2.45, 2.75) is 0 Å². The highest BCUT2D eigenvalue weighted by Gasteiger charge is 2.20. The average molecular weight is 318 g/mol. The van der Waals surface area contributed by atoms with E-state index in [0.29, 0.717) is 5.75 Å². The molecule has 0 atom stereocenters. The highest BCUT2D eigenvalue weighted by Crippen LogP contribution is 2.40. The van der Waals surface area contributed by atoms with E-state index in [0.717, 1.165) is 0 Å². The van der Waals surface area contributed by atoms with Crippen molar-refractivity contribution in [1.82, 2.24) is 0 Å². The van der Waals surface area contributed by atoms with Crippen molar-refractivity contribution < 1.29 is 14.6 Å². The maximum Gasteiger partial charge on any atom is 0.338 e. The first-order valence-electron chi connectivity index (χ1n) is 5.14. The van der Waals surface area contributed by atoms with Crippen LogP contribution in [0.4, 0.5) is 0 Å². The average Bonchev–Trinajstić information content (AvgIpc) is 2.36. The minimum atomic E-state index is -1.25. The number of carbonyl (C=O) groups is 1. The Morgan fingerprint density at radius 3 is 2.26 bits per heavy atom. The molecule has 0 saturated carbocycles. The van der Waals surface area contributed by atoms with Crippen LogP contribution in [0.1, 0.15) is 10.4 Å². The molecule has 19 heavy (non-hydrogen) atoms. The molecule has 0 bridgehead atoms. The number of para-hydroxylation sites is 1. The molecule has 0 fully saturated rings. The van der Waals surface area contributed by atoms with Crippen molar-refractivity contribution in [3.05, 3.63) is 57.0 Å². The van der Waals surface area contributed by atoms with Crippen LogP contribution in [0.25, 0.3) is 0 Å². The van der Waals surface area contributed by atoms with Gasteiger partial charge < -0.3 is 9.84 Å². The summed E-state index contributed by atoms with van der Waals surface area (Å²) in [4.78, 5) is 11.0. The summed E-state index contributed by atoms with van der Waals surface area (Å²) in [5.74, 6) is -0.504. The van der Waals surface area contributed by atoms with Crippen LogP contribution in [0.5, 0.6) is 11.5 Å². The van der Waals surface area contributed by atoms with Crippen molar-refractivity contribution in [3.8, 4) is 11.5 Å². The lowest BCUT2D eigenvalue weighted by Crippen LogP contribution is -2.00. The van der Waals surface area contributed by atoms with Gasteiger partial charge >= 0.3 is 5.97 Å². The van der Waals surface area contributed by atoms with Crippen LogP contribution in [0.15, 0.2) is 36.4 Å². The Hall–Kier alpha value is -1.42. The fraction of sp³-hybridized carbons (Fsp3) is 0. The first-order valence-corrected chi connectivity index (χ1v) is 6.27. The lowest BCUT2D eigenvalue weighted by atomic mass is 10.2. The standard InChI is InChI=1S/C13H7Cl3O3/c14-8-6-9(19-7-4-2-1-3-5-7)11(15)12(16)10(8)13(17)18/h1-6H,(H,17,18). The maximum atomic E-state index is 11.0. The largest absolute Gasteiger partial charge is 0.478 e. The molecule has 6 heteroatoms. The highest BCUT2D eigenvalue weighted by molar-refractivity contribution is 6.46. The van der Waals surface area contributed by atoms with E-state index < -0.39 is 5.97 Å². The third kappa shape index (κ3) is 2.95. The van der Waals surface area contributed by atoms with Crippen molar-refractivity contribution in [2.75, 3.05) is 0 Å². The van der Waals surface area contributed by atoms with Crippen LogP contribution < -0.4 is 4.74 Å². The van der Waals surface area contributed by atoms with Crippen molar-refractivity contribution in [3.63, 3.8) is 0 Å². The molecule has 0 unspecified atom stereocenters. The van der Waals surface area contributed by atoms with Gasteiger partial charge in [0.2, 0.25) is 0 Å². The smallest absolute Gasteiger partial charge is 0.338 e. The SMILES string of the molecule is O=C(O)c1c(Cl)cc(Oc2ccccc2)c(Cl)c1Cl. The van der Waals surface area contributed by atoms with Crippen LogP contribution in [0.3, 0.4) is 0 Å². The van der Waals surface area contributed by atoms with E-state index in [4.69, 9.17) is 44.6 Å². The van der Waals surface area contributed by atoms with Crippen LogP contribution in [-0.2, 0) is 0 Å². The molecule has 0 radical (unpaired) electrons. The van der Waals surface area contributed by atoms with Gasteiger partial charge in [-0.15, -0.1) is 0 Å². The maximum absolute atomic E-state index is 11.0. The number of carboxylic acids is 1.